The number of nitrogens with zero attached hydrogens (tertiary/aromatic N) is 2. The van der Waals surface area contributed by atoms with Crippen LogP contribution in [-0.4, -0.2) is 46.9 Å². The number of ether oxygens (including phenoxy) is 1. The number of amides is 3. The van der Waals surface area contributed by atoms with Crippen molar-refractivity contribution in [1.82, 2.24) is 4.90 Å². The number of benzene rings is 2. The number of hydrogen-bond acceptors (Lipinski definition) is 5. The zero-order valence-corrected chi connectivity index (χ0v) is 17.7. The molecule has 1 saturated heterocycles. The van der Waals surface area contributed by atoms with E-state index in [9.17, 15) is 19.2 Å². The first-order chi connectivity index (χ1) is 15.4. The second-order valence-corrected chi connectivity index (χ2v) is 8.46. The van der Waals surface area contributed by atoms with Gasteiger partial charge < -0.3 is 15.0 Å². The van der Waals surface area contributed by atoms with E-state index < -0.39 is 24.1 Å². The van der Waals surface area contributed by atoms with E-state index in [1.807, 2.05) is 19.1 Å². The van der Waals surface area contributed by atoms with Gasteiger partial charge in [-0.15, -0.1) is 0 Å². The Hall–Kier alpha value is -3.68. The summed E-state index contributed by atoms with van der Waals surface area (Å²) in [5, 5.41) is 2.69. The van der Waals surface area contributed by atoms with Crippen LogP contribution in [0.25, 0.3) is 0 Å². The molecule has 1 atom stereocenters. The summed E-state index contributed by atoms with van der Waals surface area (Å²) in [6, 6.07) is 13.9. The van der Waals surface area contributed by atoms with Gasteiger partial charge in [0.2, 0.25) is 11.6 Å². The van der Waals surface area contributed by atoms with Gasteiger partial charge in [-0.05, 0) is 44.0 Å². The fourth-order valence-corrected chi connectivity index (χ4v) is 4.59. The predicted octanol–water partition coefficient (Wildman–Crippen LogP) is 2.62. The van der Waals surface area contributed by atoms with Gasteiger partial charge in [0.1, 0.15) is 0 Å². The lowest BCUT2D eigenvalue weighted by Gasteiger charge is -2.48. The normalized spacial score (nSPS) is 21.8. The van der Waals surface area contributed by atoms with Gasteiger partial charge >= 0.3 is 5.97 Å². The van der Waals surface area contributed by atoms with Crippen LogP contribution in [0, 0.1) is 6.92 Å². The van der Waals surface area contributed by atoms with Crippen LogP contribution in [0.2, 0.25) is 0 Å². The summed E-state index contributed by atoms with van der Waals surface area (Å²) in [6.45, 7) is 1.43. The second kappa shape index (κ2) is 7.47. The number of fused-ring (bicyclic) bond motifs is 3. The monoisotopic (exact) mass is 433 g/mol. The van der Waals surface area contributed by atoms with Crippen molar-refractivity contribution in [2.24, 2.45) is 0 Å². The Morgan fingerprint density at radius 1 is 1.09 bits per heavy atom. The lowest BCUT2D eigenvalue weighted by atomic mass is 9.96. The van der Waals surface area contributed by atoms with E-state index in [1.54, 1.807) is 36.4 Å². The molecule has 1 N–H and O–H groups in total. The quantitative estimate of drug-likeness (QED) is 0.732. The number of nitrogens with one attached hydrogen (secondary N) is 1. The molecule has 1 aliphatic carbocycles. The maximum absolute atomic E-state index is 13.5. The predicted molar refractivity (Wildman–Crippen MR) is 116 cm³/mol. The number of esters is 1. The molecular weight excluding hydrogens is 410 g/mol. The van der Waals surface area contributed by atoms with Crippen molar-refractivity contribution in [3.05, 3.63) is 59.7 Å². The molecule has 8 heteroatoms. The number of hydrogen-bond donors (Lipinski definition) is 1. The first kappa shape index (κ1) is 20.2. The summed E-state index contributed by atoms with van der Waals surface area (Å²) < 4.78 is 5.43. The summed E-state index contributed by atoms with van der Waals surface area (Å²) in [4.78, 5) is 55.0. The van der Waals surface area contributed by atoms with E-state index >= 15 is 0 Å². The van der Waals surface area contributed by atoms with Crippen LogP contribution < -0.4 is 10.2 Å². The van der Waals surface area contributed by atoms with Crippen molar-refractivity contribution in [2.75, 3.05) is 16.8 Å². The van der Waals surface area contributed by atoms with Crippen molar-refractivity contribution in [3.63, 3.8) is 0 Å². The molecule has 5 rings (SSSR count). The van der Waals surface area contributed by atoms with E-state index in [0.29, 0.717) is 16.9 Å². The van der Waals surface area contributed by atoms with Crippen LogP contribution in [-0.2, 0) is 19.1 Å². The minimum absolute atomic E-state index is 0.121. The van der Waals surface area contributed by atoms with Crippen molar-refractivity contribution in [2.45, 2.75) is 44.3 Å². The van der Waals surface area contributed by atoms with Gasteiger partial charge in [0.05, 0.1) is 11.3 Å². The number of anilines is 2. The minimum Gasteiger partial charge on any atom is -0.452 e. The SMILES string of the molecule is Cc1ccc(NC(=O)COC(=O)C23CCC(=O)N2c2ccccc2C(=O)N3C2CC2)cc1. The Bertz CT molecular complexity index is 1120. The molecule has 0 spiro atoms. The summed E-state index contributed by atoms with van der Waals surface area (Å²) in [7, 11) is 0. The summed E-state index contributed by atoms with van der Waals surface area (Å²) >= 11 is 0. The van der Waals surface area contributed by atoms with Crippen LogP contribution in [0.1, 0.15) is 41.6 Å². The third kappa shape index (κ3) is 3.14. The van der Waals surface area contributed by atoms with E-state index in [1.165, 1.54) is 9.80 Å². The number of rotatable bonds is 5. The van der Waals surface area contributed by atoms with Crippen molar-refractivity contribution in [1.29, 1.82) is 0 Å². The smallest absolute Gasteiger partial charge is 0.354 e. The average molecular weight is 433 g/mol. The Kier molecular flexibility index (Phi) is 4.73. The zero-order chi connectivity index (χ0) is 22.5. The van der Waals surface area contributed by atoms with E-state index in [-0.39, 0.29) is 30.7 Å². The number of carbonyl (C=O) groups excluding carboxylic acids is 4. The van der Waals surface area contributed by atoms with Gasteiger partial charge in [0.25, 0.3) is 11.8 Å². The van der Waals surface area contributed by atoms with Crippen molar-refractivity contribution in [3.8, 4) is 0 Å². The van der Waals surface area contributed by atoms with E-state index in [4.69, 9.17) is 4.74 Å². The fourth-order valence-electron chi connectivity index (χ4n) is 4.59. The molecule has 1 unspecified atom stereocenters. The van der Waals surface area contributed by atoms with Crippen LogP contribution in [0.5, 0.6) is 0 Å². The van der Waals surface area contributed by atoms with Gasteiger partial charge in [-0.1, -0.05) is 29.8 Å². The molecule has 2 aromatic carbocycles. The van der Waals surface area contributed by atoms with Crippen LogP contribution in [0.3, 0.4) is 0 Å². The van der Waals surface area contributed by atoms with Crippen LogP contribution in [0.15, 0.2) is 48.5 Å². The molecule has 1 saturated carbocycles. The molecule has 32 heavy (non-hydrogen) atoms. The third-order valence-corrected chi connectivity index (χ3v) is 6.21. The summed E-state index contributed by atoms with van der Waals surface area (Å²) in [5.41, 5.74) is 0.914. The lowest BCUT2D eigenvalue weighted by molar-refractivity contribution is -0.159. The Balaban J connectivity index is 1.41. The van der Waals surface area contributed by atoms with Crippen LogP contribution in [0.4, 0.5) is 11.4 Å². The Morgan fingerprint density at radius 3 is 2.53 bits per heavy atom. The van der Waals surface area contributed by atoms with Gasteiger partial charge in [0.15, 0.2) is 6.61 Å². The maximum Gasteiger partial charge on any atom is 0.354 e. The standard InChI is InChI=1S/C24H23N3O5/c1-15-6-8-16(9-7-15)25-20(28)14-32-23(31)24-13-12-21(29)27(24)19-5-3-2-4-18(19)22(30)26(24)17-10-11-17/h2-9,17H,10-14H2,1H3,(H,25,28). The highest BCUT2D eigenvalue weighted by Gasteiger charge is 2.64. The van der Waals surface area contributed by atoms with Gasteiger partial charge in [0, 0.05) is 24.6 Å². The third-order valence-electron chi connectivity index (χ3n) is 6.21. The number of carbonyl (C=O) groups is 4. The van der Waals surface area contributed by atoms with Gasteiger partial charge in [-0.3, -0.25) is 19.3 Å². The maximum atomic E-state index is 13.5. The van der Waals surface area contributed by atoms with E-state index in [0.717, 1.165) is 18.4 Å². The topological polar surface area (TPSA) is 96.0 Å². The molecule has 3 amide bonds. The van der Waals surface area contributed by atoms with Crippen molar-refractivity contribution < 1.29 is 23.9 Å². The molecule has 164 valence electrons. The minimum atomic E-state index is -1.55. The molecule has 0 radical (unpaired) electrons. The average Bonchev–Trinajstić information content (AvgIpc) is 3.56. The first-order valence-corrected chi connectivity index (χ1v) is 10.7. The molecule has 0 bridgehead atoms. The second-order valence-electron chi connectivity index (χ2n) is 8.46. The highest BCUT2D eigenvalue weighted by molar-refractivity contribution is 6.16. The van der Waals surface area contributed by atoms with Gasteiger partial charge in [-0.2, -0.15) is 0 Å². The molecule has 3 aliphatic rings. The zero-order valence-electron chi connectivity index (χ0n) is 17.7. The van der Waals surface area contributed by atoms with E-state index in [2.05, 4.69) is 5.32 Å². The fraction of sp³-hybridized carbons (Fsp3) is 0.333. The molecule has 2 aliphatic heterocycles. The number of aryl methyl sites for hydroxylation is 1. The molecular formula is C24H23N3O5. The first-order valence-electron chi connectivity index (χ1n) is 10.7. The van der Waals surface area contributed by atoms with Crippen LogP contribution >= 0.6 is 0 Å². The summed E-state index contributed by atoms with van der Waals surface area (Å²) in [5.74, 6) is -1.76. The Morgan fingerprint density at radius 2 is 1.81 bits per heavy atom. The highest BCUT2D eigenvalue weighted by Crippen LogP contribution is 2.49. The molecule has 2 fully saturated rings. The lowest BCUT2D eigenvalue weighted by Crippen LogP contribution is -2.69. The molecule has 0 aromatic heterocycles. The summed E-state index contributed by atoms with van der Waals surface area (Å²) in [6.07, 6.45) is 1.79. The van der Waals surface area contributed by atoms with Gasteiger partial charge in [-0.25, -0.2) is 4.79 Å². The molecule has 2 aromatic rings. The molecule has 2 heterocycles. The largest absolute Gasteiger partial charge is 0.452 e. The highest BCUT2D eigenvalue weighted by atomic mass is 16.5. The van der Waals surface area contributed by atoms with Crippen molar-refractivity contribution >= 4 is 35.1 Å². The molecule has 8 nitrogen and oxygen atoms in total. The Labute approximate surface area is 185 Å². The number of para-hydroxylation sites is 1.